The van der Waals surface area contributed by atoms with Crippen LogP contribution in [0.2, 0.25) is 0 Å². The third-order valence-electron chi connectivity index (χ3n) is 1.18. The van der Waals surface area contributed by atoms with Gasteiger partial charge in [-0.05, 0) is 0 Å². The predicted octanol–water partition coefficient (Wildman–Crippen LogP) is -1.19. The van der Waals surface area contributed by atoms with Crippen LogP contribution in [0.3, 0.4) is 0 Å². The van der Waals surface area contributed by atoms with E-state index in [1.54, 1.807) is 17.8 Å². The lowest BCUT2D eigenvalue weighted by atomic mass is 10.5. The Bertz CT molecular complexity index is 293. The highest BCUT2D eigenvalue weighted by Crippen LogP contribution is 1.91. The maximum atomic E-state index is 11.0. The smallest absolute Gasteiger partial charge is 0.289 e. The van der Waals surface area contributed by atoms with Crippen LogP contribution in [-0.2, 0) is 11.8 Å². The van der Waals surface area contributed by atoms with Crippen molar-refractivity contribution in [2.75, 3.05) is 0 Å². The number of amides is 2. The first-order chi connectivity index (χ1) is 5.74. The lowest BCUT2D eigenvalue weighted by Crippen LogP contribution is -2.36. The molecule has 0 bridgehead atoms. The molecule has 0 atom stereocenters. The average Bonchev–Trinajstić information content (AvgIpc) is 2.47. The maximum Gasteiger partial charge on any atom is 0.289 e. The zero-order chi connectivity index (χ0) is 8.97. The van der Waals surface area contributed by atoms with Gasteiger partial charge in [-0.3, -0.25) is 20.4 Å². The van der Waals surface area contributed by atoms with Gasteiger partial charge in [0.05, 0.1) is 6.33 Å². The highest BCUT2D eigenvalue weighted by molar-refractivity contribution is 5.92. The molecule has 0 aromatic carbocycles. The summed E-state index contributed by atoms with van der Waals surface area (Å²) in [7, 11) is 1.75. The van der Waals surface area contributed by atoms with Gasteiger partial charge in [-0.15, -0.1) is 0 Å². The van der Waals surface area contributed by atoms with Gasteiger partial charge in [0, 0.05) is 13.2 Å². The molecule has 0 fully saturated rings. The molecule has 0 radical (unpaired) electrons. The Morgan fingerprint density at radius 3 is 3.00 bits per heavy atom. The van der Waals surface area contributed by atoms with Crippen molar-refractivity contribution < 1.29 is 9.59 Å². The summed E-state index contributed by atoms with van der Waals surface area (Å²) in [6.07, 6.45) is 3.42. The molecule has 2 N–H and O–H groups in total. The molecule has 1 heterocycles. The maximum absolute atomic E-state index is 11.0. The van der Waals surface area contributed by atoms with E-state index in [2.05, 4.69) is 10.4 Å². The molecule has 1 rings (SSSR count). The van der Waals surface area contributed by atoms with Crippen molar-refractivity contribution in [1.29, 1.82) is 0 Å². The topological polar surface area (TPSA) is 76.0 Å². The summed E-state index contributed by atoms with van der Waals surface area (Å²) >= 11 is 0. The summed E-state index contributed by atoms with van der Waals surface area (Å²) in [6.45, 7) is 0. The van der Waals surface area contributed by atoms with E-state index in [1.807, 2.05) is 5.43 Å². The summed E-state index contributed by atoms with van der Waals surface area (Å²) in [6, 6.07) is 0. The van der Waals surface area contributed by atoms with Crippen LogP contribution in [0.25, 0.3) is 0 Å². The van der Waals surface area contributed by atoms with E-state index in [-0.39, 0.29) is 5.69 Å². The van der Waals surface area contributed by atoms with Gasteiger partial charge in [-0.1, -0.05) is 0 Å². The highest BCUT2D eigenvalue weighted by atomic mass is 16.2. The fourth-order valence-corrected chi connectivity index (χ4v) is 0.689. The van der Waals surface area contributed by atoms with Crippen molar-refractivity contribution in [3.63, 3.8) is 0 Å². The van der Waals surface area contributed by atoms with Crippen LogP contribution >= 0.6 is 0 Å². The van der Waals surface area contributed by atoms with Crippen LogP contribution in [0.4, 0.5) is 0 Å². The third-order valence-corrected chi connectivity index (χ3v) is 1.18. The molecule has 1 aromatic rings. The molecule has 0 aliphatic carbocycles. The number of hydrogen-bond donors (Lipinski definition) is 2. The number of rotatable bonds is 3. The molecule has 1 aromatic heterocycles. The number of aromatic nitrogens is 2. The van der Waals surface area contributed by atoms with Gasteiger partial charge in [0.2, 0.25) is 6.41 Å². The molecule has 12 heavy (non-hydrogen) atoms. The van der Waals surface area contributed by atoms with E-state index >= 15 is 0 Å². The minimum absolute atomic E-state index is 0.256. The van der Waals surface area contributed by atoms with E-state index in [0.717, 1.165) is 0 Å². The van der Waals surface area contributed by atoms with E-state index < -0.39 is 5.91 Å². The van der Waals surface area contributed by atoms with Gasteiger partial charge in [-0.2, -0.15) is 0 Å². The molecular formula is C6H8N4O2. The Morgan fingerprint density at radius 2 is 2.50 bits per heavy atom. The van der Waals surface area contributed by atoms with Crippen LogP contribution in [0.1, 0.15) is 10.5 Å². The highest BCUT2D eigenvalue weighted by Gasteiger charge is 2.06. The third kappa shape index (κ3) is 1.82. The van der Waals surface area contributed by atoms with Gasteiger partial charge in [0.15, 0.2) is 0 Å². The quantitative estimate of drug-likeness (QED) is 0.440. The van der Waals surface area contributed by atoms with Crippen LogP contribution < -0.4 is 10.9 Å². The van der Waals surface area contributed by atoms with E-state index in [0.29, 0.717) is 6.41 Å². The molecule has 6 heteroatoms. The number of carbonyl (C=O) groups excluding carboxylic acids is 2. The molecular weight excluding hydrogens is 160 g/mol. The van der Waals surface area contributed by atoms with Crippen molar-refractivity contribution in [1.82, 2.24) is 20.4 Å². The van der Waals surface area contributed by atoms with Crippen LogP contribution in [0.15, 0.2) is 12.5 Å². The number of carbonyl (C=O) groups is 2. The number of nitrogens with zero attached hydrogens (tertiary/aromatic N) is 2. The lowest BCUT2D eigenvalue weighted by Gasteiger charge is -1.97. The predicted molar refractivity (Wildman–Crippen MR) is 39.9 cm³/mol. The van der Waals surface area contributed by atoms with Gasteiger partial charge in [0.25, 0.3) is 5.91 Å². The summed E-state index contributed by atoms with van der Waals surface area (Å²) in [5.41, 5.74) is 4.41. The number of hydrogen-bond acceptors (Lipinski definition) is 3. The van der Waals surface area contributed by atoms with Gasteiger partial charge in [-0.25, -0.2) is 4.98 Å². The summed E-state index contributed by atoms with van der Waals surface area (Å²) < 4.78 is 1.63. The summed E-state index contributed by atoms with van der Waals surface area (Å²) in [5.74, 6) is -0.442. The molecule has 6 nitrogen and oxygen atoms in total. The van der Waals surface area contributed by atoms with Gasteiger partial charge < -0.3 is 4.57 Å². The van der Waals surface area contributed by atoms with Crippen molar-refractivity contribution in [3.05, 3.63) is 18.2 Å². The molecule has 0 aliphatic rings. The average molecular weight is 168 g/mol. The first-order valence-corrected chi connectivity index (χ1v) is 3.21. The van der Waals surface area contributed by atoms with E-state index in [4.69, 9.17) is 0 Å². The van der Waals surface area contributed by atoms with Crippen LogP contribution in [0, 0.1) is 0 Å². The summed E-state index contributed by atoms with van der Waals surface area (Å²) in [4.78, 5) is 24.6. The fraction of sp³-hybridized carbons (Fsp3) is 0.167. The van der Waals surface area contributed by atoms with Gasteiger partial charge >= 0.3 is 0 Å². The van der Waals surface area contributed by atoms with Crippen LogP contribution in [0.5, 0.6) is 0 Å². The van der Waals surface area contributed by atoms with E-state index in [1.165, 1.54) is 6.33 Å². The number of imidazole rings is 1. The molecule has 2 amide bonds. The monoisotopic (exact) mass is 168 g/mol. The largest absolute Gasteiger partial charge is 0.340 e. The second-order valence-electron chi connectivity index (χ2n) is 2.14. The lowest BCUT2D eigenvalue weighted by molar-refractivity contribution is -0.110. The SMILES string of the molecule is Cn1cnc(C(=O)NNC=O)c1. The number of aryl methyl sites for hydroxylation is 1. The summed E-state index contributed by atoms with van der Waals surface area (Å²) in [5, 5.41) is 0. The van der Waals surface area contributed by atoms with Gasteiger partial charge in [0.1, 0.15) is 5.69 Å². The molecule has 0 unspecified atom stereocenters. The Labute approximate surface area is 68.6 Å². The van der Waals surface area contributed by atoms with Crippen molar-refractivity contribution in [2.45, 2.75) is 0 Å². The van der Waals surface area contributed by atoms with Crippen molar-refractivity contribution in [2.24, 2.45) is 7.05 Å². The Hall–Kier alpha value is -1.85. The zero-order valence-corrected chi connectivity index (χ0v) is 6.44. The molecule has 0 saturated carbocycles. The first kappa shape index (κ1) is 8.25. The van der Waals surface area contributed by atoms with E-state index in [9.17, 15) is 9.59 Å². The van der Waals surface area contributed by atoms with Crippen molar-refractivity contribution >= 4 is 12.3 Å². The second kappa shape index (κ2) is 3.51. The Balaban J connectivity index is 2.59. The molecule has 0 aliphatic heterocycles. The second-order valence-corrected chi connectivity index (χ2v) is 2.14. The minimum Gasteiger partial charge on any atom is -0.340 e. The first-order valence-electron chi connectivity index (χ1n) is 3.21. The number of nitrogens with one attached hydrogen (secondary N) is 2. The Morgan fingerprint density at radius 1 is 1.75 bits per heavy atom. The zero-order valence-electron chi connectivity index (χ0n) is 6.44. The normalized spacial score (nSPS) is 9.08. The Kier molecular flexibility index (Phi) is 2.42. The van der Waals surface area contributed by atoms with Crippen molar-refractivity contribution in [3.8, 4) is 0 Å². The minimum atomic E-state index is -0.442. The fourth-order valence-electron chi connectivity index (χ4n) is 0.689. The number of hydrazine groups is 1. The van der Waals surface area contributed by atoms with Crippen LogP contribution in [-0.4, -0.2) is 21.9 Å². The standard InChI is InChI=1S/C6H8N4O2/c1-10-2-5(7-3-10)6(12)9-8-4-11/h2-4H,1H3,(H,8,11)(H,9,12). The molecule has 0 spiro atoms. The molecule has 64 valence electrons. The molecule has 0 saturated heterocycles.